The molecule has 4 unspecified atom stereocenters. The Morgan fingerprint density at radius 2 is 0.851 bits per heavy atom. The molecule has 0 saturated carbocycles. The second-order valence-corrected chi connectivity index (χ2v) is 16.6. The molecule has 4 aliphatic rings. The predicted octanol–water partition coefficient (Wildman–Crippen LogP) is 8.24. The highest BCUT2D eigenvalue weighted by Gasteiger charge is 2.26. The van der Waals surface area contributed by atoms with Crippen molar-refractivity contribution in [3.05, 3.63) is 131 Å². The van der Waals surface area contributed by atoms with E-state index in [1.165, 1.54) is 0 Å². The van der Waals surface area contributed by atoms with Crippen LogP contribution in [0.5, 0.6) is 46.0 Å². The van der Waals surface area contributed by atoms with Crippen molar-refractivity contribution in [2.75, 3.05) is 59.6 Å². The van der Waals surface area contributed by atoms with Crippen molar-refractivity contribution in [2.24, 2.45) is 0 Å². The van der Waals surface area contributed by atoms with Gasteiger partial charge in [-0.15, -0.1) is 0 Å². The lowest BCUT2D eigenvalue weighted by Crippen LogP contribution is -2.12. The molecule has 15 heteroatoms. The van der Waals surface area contributed by atoms with Crippen molar-refractivity contribution in [3.8, 4) is 46.0 Å². The smallest absolute Gasteiger partial charge is 0.347 e. The zero-order chi connectivity index (χ0) is 45.8. The summed E-state index contributed by atoms with van der Waals surface area (Å²) in [7, 11) is 0. The number of esters is 2. The van der Waals surface area contributed by atoms with Gasteiger partial charge in [0.15, 0.2) is 6.79 Å². The van der Waals surface area contributed by atoms with E-state index in [4.69, 9.17) is 61.6 Å². The van der Waals surface area contributed by atoms with Crippen LogP contribution in [0.15, 0.2) is 103 Å². The maximum atomic E-state index is 13.3. The summed E-state index contributed by atoms with van der Waals surface area (Å²) in [4.78, 5) is 26.5. The second-order valence-electron chi connectivity index (χ2n) is 16.6. The molecule has 67 heavy (non-hydrogen) atoms. The van der Waals surface area contributed by atoms with Gasteiger partial charge in [0.25, 0.3) is 0 Å². The number of ether oxygens (including phenoxy) is 13. The van der Waals surface area contributed by atoms with Crippen LogP contribution in [0.2, 0.25) is 0 Å². The minimum absolute atomic E-state index is 0.0267. The van der Waals surface area contributed by atoms with Crippen LogP contribution in [0.25, 0.3) is 0 Å². The van der Waals surface area contributed by atoms with Gasteiger partial charge in [-0.3, -0.25) is 0 Å². The molecule has 15 nitrogen and oxygen atoms in total. The number of carbonyl (C=O) groups excluding carboxylic acids is 2. The third kappa shape index (κ3) is 14.6. The first-order chi connectivity index (χ1) is 32.9. The molecule has 0 aliphatic carbocycles. The van der Waals surface area contributed by atoms with Gasteiger partial charge in [-0.05, 0) is 90.3 Å². The standard InChI is InChI=1S/C52H54O15/c1-34-24-39(60-28-36-4-8-38(9-5-36)67-52(54)47-14-11-41(57-21-17-43-30-62-43)26-50(47)59-23-19-45-32-64-45)12-15-48(34)65-33-55-27-35-2-6-37(7-3-35)66-51(53)46-13-10-40(56-20-16-42-29-61-42)25-49(46)58-22-18-44-31-63-44/h2-15,24-26,42-45H,16-23,27-33H2,1H3. The Morgan fingerprint density at radius 3 is 1.30 bits per heavy atom. The van der Waals surface area contributed by atoms with E-state index in [2.05, 4.69) is 0 Å². The molecule has 4 aliphatic heterocycles. The summed E-state index contributed by atoms with van der Waals surface area (Å²) in [6, 6.07) is 30.1. The lowest BCUT2D eigenvalue weighted by molar-refractivity contribution is 0.00463. The van der Waals surface area contributed by atoms with Crippen LogP contribution in [0.4, 0.5) is 0 Å². The molecule has 4 atom stereocenters. The van der Waals surface area contributed by atoms with Gasteiger partial charge in [-0.2, -0.15) is 0 Å². The molecular weight excluding hydrogens is 865 g/mol. The Hall–Kier alpha value is -6.36. The third-order valence-corrected chi connectivity index (χ3v) is 11.2. The second kappa shape index (κ2) is 22.4. The van der Waals surface area contributed by atoms with Crippen LogP contribution >= 0.6 is 0 Å². The van der Waals surface area contributed by atoms with Crippen molar-refractivity contribution in [1.29, 1.82) is 0 Å². The zero-order valence-electron chi connectivity index (χ0n) is 37.4. The molecule has 0 bridgehead atoms. The van der Waals surface area contributed by atoms with Gasteiger partial charge < -0.3 is 61.6 Å². The van der Waals surface area contributed by atoms with E-state index in [1.807, 2.05) is 49.4 Å². The highest BCUT2D eigenvalue weighted by molar-refractivity contribution is 5.95. The Morgan fingerprint density at radius 1 is 0.448 bits per heavy atom. The lowest BCUT2D eigenvalue weighted by atomic mass is 10.2. The fourth-order valence-electron chi connectivity index (χ4n) is 6.85. The van der Waals surface area contributed by atoms with E-state index in [0.717, 1.165) is 68.8 Å². The number of benzene rings is 5. The number of aryl methyl sites for hydroxylation is 1. The molecule has 0 N–H and O–H groups in total. The summed E-state index contributed by atoms with van der Waals surface area (Å²) in [6.07, 6.45) is 4.03. The van der Waals surface area contributed by atoms with Crippen LogP contribution < -0.4 is 37.9 Å². The van der Waals surface area contributed by atoms with Gasteiger partial charge in [-0.1, -0.05) is 24.3 Å². The van der Waals surface area contributed by atoms with Crippen LogP contribution in [-0.2, 0) is 36.9 Å². The van der Waals surface area contributed by atoms with Crippen LogP contribution in [0.1, 0.15) is 63.1 Å². The topological polar surface area (TPSA) is 167 Å². The maximum Gasteiger partial charge on any atom is 0.347 e. The van der Waals surface area contributed by atoms with Gasteiger partial charge in [-0.25, -0.2) is 9.59 Å². The molecule has 5 aromatic rings. The number of carbonyl (C=O) groups is 2. The van der Waals surface area contributed by atoms with E-state index in [1.54, 1.807) is 60.7 Å². The largest absolute Gasteiger partial charge is 0.493 e. The molecular formula is C52H54O15. The first-order valence-corrected chi connectivity index (χ1v) is 22.7. The van der Waals surface area contributed by atoms with Crippen LogP contribution in [-0.4, -0.2) is 96.0 Å². The first kappa shape index (κ1) is 45.8. The summed E-state index contributed by atoms with van der Waals surface area (Å²) < 4.78 is 74.0. The Bertz CT molecular complexity index is 2420. The quantitative estimate of drug-likeness (QED) is 0.0155. The zero-order valence-corrected chi connectivity index (χ0v) is 37.4. The molecule has 5 aromatic carbocycles. The number of epoxide rings is 4. The van der Waals surface area contributed by atoms with Crippen LogP contribution in [0.3, 0.4) is 0 Å². The van der Waals surface area contributed by atoms with Crippen LogP contribution in [0, 0.1) is 6.92 Å². The summed E-state index contributed by atoms with van der Waals surface area (Å²) in [5.74, 6) is 3.06. The Balaban J connectivity index is 0.695. The summed E-state index contributed by atoms with van der Waals surface area (Å²) in [5, 5.41) is 0. The molecule has 352 valence electrons. The van der Waals surface area contributed by atoms with Gasteiger partial charge in [0, 0.05) is 37.8 Å². The first-order valence-electron chi connectivity index (χ1n) is 22.7. The average molecular weight is 919 g/mol. The van der Waals surface area contributed by atoms with E-state index in [-0.39, 0.29) is 37.8 Å². The molecule has 4 fully saturated rings. The minimum Gasteiger partial charge on any atom is -0.493 e. The highest BCUT2D eigenvalue weighted by Crippen LogP contribution is 2.31. The fourth-order valence-corrected chi connectivity index (χ4v) is 6.85. The van der Waals surface area contributed by atoms with Crippen molar-refractivity contribution in [2.45, 2.75) is 70.2 Å². The van der Waals surface area contributed by atoms with E-state index in [0.29, 0.717) is 90.2 Å². The Kier molecular flexibility index (Phi) is 15.3. The minimum atomic E-state index is -0.537. The van der Waals surface area contributed by atoms with Crippen molar-refractivity contribution < 1.29 is 71.2 Å². The van der Waals surface area contributed by atoms with Gasteiger partial charge in [0.1, 0.15) is 63.7 Å². The molecule has 0 spiro atoms. The SMILES string of the molecule is Cc1cc(OCc2ccc(OC(=O)c3ccc(OCCC4CO4)cc3OCCC3CO3)cc2)ccc1OCOCc1ccc(OC(=O)c2ccc(OCCC3CO3)cc2OCCC2CO2)cc1. The van der Waals surface area contributed by atoms with Crippen molar-refractivity contribution in [3.63, 3.8) is 0 Å². The Labute approximate surface area is 388 Å². The number of hydrogen-bond acceptors (Lipinski definition) is 15. The van der Waals surface area contributed by atoms with E-state index < -0.39 is 11.9 Å². The third-order valence-electron chi connectivity index (χ3n) is 11.2. The van der Waals surface area contributed by atoms with Crippen molar-refractivity contribution in [1.82, 2.24) is 0 Å². The normalized spacial score (nSPS) is 18.6. The molecule has 0 radical (unpaired) electrons. The lowest BCUT2D eigenvalue weighted by Gasteiger charge is -2.14. The van der Waals surface area contributed by atoms with Gasteiger partial charge in [0.05, 0.1) is 83.9 Å². The number of hydrogen-bond donors (Lipinski definition) is 0. The fraction of sp³-hybridized carbons (Fsp3) is 0.385. The highest BCUT2D eigenvalue weighted by atomic mass is 16.7. The summed E-state index contributed by atoms with van der Waals surface area (Å²) >= 11 is 0. The average Bonchev–Trinajstić information content (AvgIpc) is 4.09. The summed E-state index contributed by atoms with van der Waals surface area (Å²) in [6.45, 7) is 7.40. The van der Waals surface area contributed by atoms with Crippen molar-refractivity contribution >= 4 is 11.9 Å². The summed E-state index contributed by atoms with van der Waals surface area (Å²) in [5.41, 5.74) is 3.25. The van der Waals surface area contributed by atoms with Gasteiger partial charge >= 0.3 is 11.9 Å². The van der Waals surface area contributed by atoms with E-state index in [9.17, 15) is 9.59 Å². The molecule has 0 amide bonds. The molecule has 9 rings (SSSR count). The monoisotopic (exact) mass is 918 g/mol. The molecule has 4 saturated heterocycles. The van der Waals surface area contributed by atoms with Gasteiger partial charge in [0.2, 0.25) is 0 Å². The predicted molar refractivity (Wildman–Crippen MR) is 241 cm³/mol. The number of rotatable bonds is 28. The maximum absolute atomic E-state index is 13.3. The molecule has 4 heterocycles. The molecule has 0 aromatic heterocycles. The van der Waals surface area contributed by atoms with E-state index >= 15 is 0 Å².